The summed E-state index contributed by atoms with van der Waals surface area (Å²) < 4.78 is 0. The molecule has 0 radical (unpaired) electrons. The molecule has 2 aromatic rings. The van der Waals surface area contributed by atoms with E-state index in [1.165, 1.54) is 16.2 Å². The number of aromatic nitrogens is 2. The van der Waals surface area contributed by atoms with Gasteiger partial charge in [0, 0.05) is 0 Å². The Hall–Kier alpha value is -2.34. The van der Waals surface area contributed by atoms with Crippen molar-refractivity contribution in [2.24, 2.45) is 4.99 Å². The van der Waals surface area contributed by atoms with E-state index in [1.807, 2.05) is 37.3 Å². The van der Waals surface area contributed by atoms with Crippen molar-refractivity contribution < 1.29 is 4.79 Å². The van der Waals surface area contributed by atoms with E-state index in [2.05, 4.69) is 15.2 Å². The lowest BCUT2D eigenvalue weighted by Gasteiger charge is -2.10. The smallest absolute Gasteiger partial charge is 0.266 e. The first-order chi connectivity index (χ1) is 9.65. The average molecular weight is 284 g/mol. The molecule has 0 atom stereocenters. The molecule has 6 heteroatoms. The van der Waals surface area contributed by atoms with Gasteiger partial charge in [0.1, 0.15) is 16.5 Å². The number of aryl methyl sites for hydroxylation is 1. The van der Waals surface area contributed by atoms with Crippen LogP contribution >= 0.6 is 11.3 Å². The van der Waals surface area contributed by atoms with Gasteiger partial charge in [-0.25, -0.2) is 9.89 Å². The molecule has 0 N–H and O–H groups in total. The summed E-state index contributed by atoms with van der Waals surface area (Å²) in [7, 11) is 0. The number of anilines is 1. The fourth-order valence-corrected chi connectivity index (χ4v) is 2.67. The van der Waals surface area contributed by atoms with Crippen LogP contribution in [0.15, 0.2) is 41.0 Å². The molecule has 1 aromatic carbocycles. The zero-order valence-corrected chi connectivity index (χ0v) is 11.9. The van der Waals surface area contributed by atoms with Crippen LogP contribution in [0.2, 0.25) is 0 Å². The van der Waals surface area contributed by atoms with Gasteiger partial charge in [0.15, 0.2) is 0 Å². The predicted octanol–water partition coefficient (Wildman–Crippen LogP) is 2.65. The lowest BCUT2D eigenvalue weighted by molar-refractivity contribution is -0.113. The number of carbonyl (C=O) groups is 1. The topological polar surface area (TPSA) is 58.5 Å². The third kappa shape index (κ3) is 2.25. The quantitative estimate of drug-likeness (QED) is 0.797. The largest absolute Gasteiger partial charge is 0.284 e. The molecule has 0 spiro atoms. The van der Waals surface area contributed by atoms with Crippen molar-refractivity contribution in [3.63, 3.8) is 0 Å². The Balaban J connectivity index is 1.95. The summed E-state index contributed by atoms with van der Waals surface area (Å²) in [5.41, 5.74) is 1.37. The number of aliphatic imine (C=N–C) groups is 1. The Morgan fingerprint density at radius 2 is 1.90 bits per heavy atom. The SMILES string of the molecule is CC1=NC(=Cc2ccccc2)C(=O)N1c1nnc(C)s1. The molecular formula is C14H12N4OS. The molecule has 0 saturated heterocycles. The van der Waals surface area contributed by atoms with Gasteiger partial charge in [-0.1, -0.05) is 41.7 Å². The van der Waals surface area contributed by atoms with Crippen molar-refractivity contribution in [1.29, 1.82) is 0 Å². The fourth-order valence-electron chi connectivity index (χ4n) is 1.94. The minimum Gasteiger partial charge on any atom is -0.266 e. The minimum absolute atomic E-state index is 0.164. The van der Waals surface area contributed by atoms with Crippen LogP contribution in [-0.4, -0.2) is 21.9 Å². The van der Waals surface area contributed by atoms with E-state index >= 15 is 0 Å². The van der Waals surface area contributed by atoms with Crippen LogP contribution in [-0.2, 0) is 4.79 Å². The lowest BCUT2D eigenvalue weighted by Crippen LogP contribution is -2.30. The van der Waals surface area contributed by atoms with E-state index in [1.54, 1.807) is 13.0 Å². The van der Waals surface area contributed by atoms with Crippen LogP contribution in [0.4, 0.5) is 5.13 Å². The molecule has 2 heterocycles. The summed E-state index contributed by atoms with van der Waals surface area (Å²) >= 11 is 1.38. The Labute approximate surface area is 120 Å². The molecular weight excluding hydrogens is 272 g/mol. The summed E-state index contributed by atoms with van der Waals surface area (Å²) in [6.07, 6.45) is 1.78. The number of benzene rings is 1. The first-order valence-electron chi connectivity index (χ1n) is 6.12. The summed E-state index contributed by atoms with van der Waals surface area (Å²) in [5.74, 6) is 0.454. The molecule has 1 aromatic heterocycles. The monoisotopic (exact) mass is 284 g/mol. The number of amidine groups is 1. The highest BCUT2D eigenvalue weighted by atomic mass is 32.1. The van der Waals surface area contributed by atoms with E-state index in [0.29, 0.717) is 16.7 Å². The standard InChI is InChI=1S/C14H12N4OS/c1-9-15-12(8-11-6-4-3-5-7-11)13(19)18(9)14-17-16-10(2)20-14/h3-8H,1-2H3. The van der Waals surface area contributed by atoms with Crippen molar-refractivity contribution in [2.75, 3.05) is 4.90 Å². The molecule has 20 heavy (non-hydrogen) atoms. The minimum atomic E-state index is -0.164. The van der Waals surface area contributed by atoms with Crippen molar-refractivity contribution in [3.8, 4) is 0 Å². The zero-order valence-electron chi connectivity index (χ0n) is 11.1. The van der Waals surface area contributed by atoms with Gasteiger partial charge < -0.3 is 0 Å². The van der Waals surface area contributed by atoms with E-state index in [-0.39, 0.29) is 5.91 Å². The molecule has 0 bridgehead atoms. The number of rotatable bonds is 2. The van der Waals surface area contributed by atoms with Crippen molar-refractivity contribution in [1.82, 2.24) is 10.2 Å². The molecule has 0 unspecified atom stereocenters. The van der Waals surface area contributed by atoms with Gasteiger partial charge in [0.05, 0.1) is 0 Å². The van der Waals surface area contributed by atoms with E-state index in [9.17, 15) is 4.79 Å². The van der Waals surface area contributed by atoms with Gasteiger partial charge in [0.2, 0.25) is 5.13 Å². The molecule has 1 amide bonds. The molecule has 0 saturated carbocycles. The van der Waals surface area contributed by atoms with Gasteiger partial charge in [0.25, 0.3) is 5.91 Å². The number of nitrogens with zero attached hydrogens (tertiary/aromatic N) is 4. The first-order valence-corrected chi connectivity index (χ1v) is 6.93. The van der Waals surface area contributed by atoms with Crippen molar-refractivity contribution in [3.05, 3.63) is 46.6 Å². The third-order valence-electron chi connectivity index (χ3n) is 2.84. The normalized spacial score (nSPS) is 16.9. The van der Waals surface area contributed by atoms with Gasteiger partial charge in [-0.2, -0.15) is 0 Å². The van der Waals surface area contributed by atoms with Crippen LogP contribution < -0.4 is 4.90 Å². The van der Waals surface area contributed by atoms with E-state index in [0.717, 1.165) is 10.6 Å². The highest BCUT2D eigenvalue weighted by Crippen LogP contribution is 2.27. The van der Waals surface area contributed by atoms with E-state index < -0.39 is 0 Å². The molecule has 3 rings (SSSR count). The molecule has 100 valence electrons. The summed E-state index contributed by atoms with van der Waals surface area (Å²) in [6, 6.07) is 9.65. The van der Waals surface area contributed by atoms with Gasteiger partial charge >= 0.3 is 0 Å². The maximum Gasteiger partial charge on any atom is 0.284 e. The maximum atomic E-state index is 12.4. The van der Waals surface area contributed by atoms with Gasteiger partial charge in [-0.3, -0.25) is 4.79 Å². The van der Waals surface area contributed by atoms with Crippen LogP contribution in [0.3, 0.4) is 0 Å². The van der Waals surface area contributed by atoms with Gasteiger partial charge in [-0.15, -0.1) is 10.2 Å². The Bertz CT molecular complexity index is 718. The van der Waals surface area contributed by atoms with Crippen molar-refractivity contribution in [2.45, 2.75) is 13.8 Å². The first kappa shape index (κ1) is 12.7. The molecule has 0 fully saturated rings. The maximum absolute atomic E-state index is 12.4. The van der Waals surface area contributed by atoms with Crippen molar-refractivity contribution >= 4 is 34.3 Å². The van der Waals surface area contributed by atoms with Crippen LogP contribution in [0, 0.1) is 6.92 Å². The Morgan fingerprint density at radius 1 is 1.15 bits per heavy atom. The molecule has 1 aliphatic heterocycles. The second-order valence-electron chi connectivity index (χ2n) is 4.34. The average Bonchev–Trinajstić information content (AvgIpc) is 2.96. The molecule has 1 aliphatic rings. The predicted molar refractivity (Wildman–Crippen MR) is 79.7 cm³/mol. The summed E-state index contributed by atoms with van der Waals surface area (Å²) in [6.45, 7) is 3.65. The Morgan fingerprint density at radius 3 is 2.55 bits per heavy atom. The summed E-state index contributed by atoms with van der Waals surface area (Å²) in [4.78, 5) is 18.2. The number of carbonyl (C=O) groups excluding carboxylic acids is 1. The van der Waals surface area contributed by atoms with Gasteiger partial charge in [-0.05, 0) is 25.5 Å². The van der Waals surface area contributed by atoms with Crippen LogP contribution in [0.1, 0.15) is 17.5 Å². The third-order valence-corrected chi connectivity index (χ3v) is 3.66. The molecule has 0 aliphatic carbocycles. The highest BCUT2D eigenvalue weighted by molar-refractivity contribution is 7.15. The molecule has 5 nitrogen and oxygen atoms in total. The zero-order chi connectivity index (χ0) is 14.1. The fraction of sp³-hybridized carbons (Fsp3) is 0.143. The number of hydrogen-bond acceptors (Lipinski definition) is 5. The van der Waals surface area contributed by atoms with Crippen LogP contribution in [0.5, 0.6) is 0 Å². The second-order valence-corrected chi connectivity index (χ2v) is 5.50. The number of hydrogen-bond donors (Lipinski definition) is 0. The number of amides is 1. The van der Waals surface area contributed by atoms with Crippen LogP contribution in [0.25, 0.3) is 6.08 Å². The lowest BCUT2D eigenvalue weighted by atomic mass is 10.2. The highest BCUT2D eigenvalue weighted by Gasteiger charge is 2.31. The second kappa shape index (κ2) is 4.97. The summed E-state index contributed by atoms with van der Waals surface area (Å²) in [5, 5.41) is 9.33. The van der Waals surface area contributed by atoms with E-state index in [4.69, 9.17) is 0 Å². The Kier molecular flexibility index (Phi) is 3.15.